The predicted molar refractivity (Wildman–Crippen MR) is 144 cm³/mol. The van der Waals surface area contributed by atoms with Crippen molar-refractivity contribution in [3.63, 3.8) is 0 Å². The summed E-state index contributed by atoms with van der Waals surface area (Å²) in [5.41, 5.74) is 2.50. The first kappa shape index (κ1) is 25.3. The maximum Gasteiger partial charge on any atom is 0.328 e. The highest BCUT2D eigenvalue weighted by atomic mass is 16.3. The van der Waals surface area contributed by atoms with E-state index in [-0.39, 0.29) is 11.7 Å². The highest BCUT2D eigenvalue weighted by Gasteiger charge is 2.34. The Hall–Kier alpha value is -3.33. The normalized spacial score (nSPS) is 24.2. The van der Waals surface area contributed by atoms with Gasteiger partial charge in [-0.3, -0.25) is 14.1 Å². The number of imidazole rings is 1. The molecule has 3 atom stereocenters. The van der Waals surface area contributed by atoms with E-state index < -0.39 is 11.5 Å². The number of allylic oxidation sites excluding steroid dienone is 1. The van der Waals surface area contributed by atoms with Gasteiger partial charge in [0, 0.05) is 41.8 Å². The van der Waals surface area contributed by atoms with E-state index in [1.807, 2.05) is 39.9 Å². The highest BCUT2D eigenvalue weighted by molar-refractivity contribution is 5.65. The zero-order chi connectivity index (χ0) is 25.7. The molecule has 0 saturated heterocycles. The molecule has 37 heavy (non-hydrogen) atoms. The first-order valence-electron chi connectivity index (χ1n) is 13.6. The molecule has 0 bridgehead atoms. The third-order valence-corrected chi connectivity index (χ3v) is 7.95. The highest BCUT2D eigenvalue weighted by Crippen LogP contribution is 2.35. The number of H-pyrrole nitrogens is 1. The van der Waals surface area contributed by atoms with Gasteiger partial charge in [-0.05, 0) is 48.9 Å². The van der Waals surface area contributed by atoms with Crippen LogP contribution >= 0.6 is 0 Å². The number of aliphatic hydroxyl groups is 1. The van der Waals surface area contributed by atoms with Crippen molar-refractivity contribution < 1.29 is 5.11 Å². The Kier molecular flexibility index (Phi) is 7.79. The van der Waals surface area contributed by atoms with Crippen molar-refractivity contribution in [2.24, 2.45) is 4.99 Å². The Morgan fingerprint density at radius 3 is 2.81 bits per heavy atom. The molecule has 1 fully saturated rings. The van der Waals surface area contributed by atoms with Crippen molar-refractivity contribution in [2.45, 2.75) is 95.2 Å². The second-order valence-corrected chi connectivity index (χ2v) is 10.5. The summed E-state index contributed by atoms with van der Waals surface area (Å²) in [5, 5.41) is 25.5. The fourth-order valence-corrected chi connectivity index (χ4v) is 5.77. The van der Waals surface area contributed by atoms with Crippen LogP contribution in [0.3, 0.4) is 0 Å². The quantitative estimate of drug-likeness (QED) is 0.474. The Bertz CT molecular complexity index is 1290. The molecular weight excluding hydrogens is 466 g/mol. The van der Waals surface area contributed by atoms with Gasteiger partial charge in [-0.15, -0.1) is 10.2 Å². The van der Waals surface area contributed by atoms with Gasteiger partial charge in [-0.25, -0.2) is 4.79 Å². The molecule has 3 heterocycles. The van der Waals surface area contributed by atoms with E-state index in [1.54, 1.807) is 0 Å². The molecule has 0 amide bonds. The molecule has 1 saturated carbocycles. The number of aliphatic imine (C=N–C) groups is 1. The van der Waals surface area contributed by atoms with E-state index in [2.05, 4.69) is 50.7 Å². The van der Waals surface area contributed by atoms with Gasteiger partial charge in [0.2, 0.25) is 5.82 Å². The SMILES string of the molecule is CCCCc1cn(C2CCCCCCC2O)c(=O)n1CC1(c2cccc(-c3nn[nH]n3)c2)C=CN=CC1. The van der Waals surface area contributed by atoms with Crippen LogP contribution in [0.2, 0.25) is 0 Å². The van der Waals surface area contributed by atoms with Crippen LogP contribution in [-0.2, 0) is 18.4 Å². The van der Waals surface area contributed by atoms with Crippen LogP contribution in [0.1, 0.15) is 82.0 Å². The van der Waals surface area contributed by atoms with E-state index >= 15 is 0 Å². The summed E-state index contributed by atoms with van der Waals surface area (Å²) in [6.45, 7) is 2.67. The summed E-state index contributed by atoms with van der Waals surface area (Å²) in [6, 6.07) is 7.98. The molecule has 3 aromatic rings. The smallest absolute Gasteiger partial charge is 0.328 e. The number of hydrogen-bond acceptors (Lipinski definition) is 6. The standard InChI is InChI=1S/C28H37N7O2/c1-2-3-11-23-19-34(24-12-6-4-5-7-13-25(24)36)27(37)35(23)20-28(14-16-29-17-15-28)22-10-8-9-21(18-22)26-30-32-33-31-26/h8-10,14,16-19,24-25,36H,2-7,11-13,15,20H2,1H3,(H,30,31,32,33). The minimum Gasteiger partial charge on any atom is -0.391 e. The van der Waals surface area contributed by atoms with Gasteiger partial charge in [0.1, 0.15) is 0 Å². The van der Waals surface area contributed by atoms with Gasteiger partial charge >= 0.3 is 5.69 Å². The largest absolute Gasteiger partial charge is 0.391 e. The number of aliphatic hydroxyl groups excluding tert-OH is 1. The first-order chi connectivity index (χ1) is 18.1. The second-order valence-electron chi connectivity index (χ2n) is 10.5. The van der Waals surface area contributed by atoms with Crippen LogP contribution in [0.4, 0.5) is 0 Å². The number of nitrogens with zero attached hydrogens (tertiary/aromatic N) is 6. The van der Waals surface area contributed by atoms with Gasteiger partial charge < -0.3 is 5.11 Å². The lowest BCUT2D eigenvalue weighted by atomic mass is 9.76. The third kappa shape index (κ3) is 5.37. The van der Waals surface area contributed by atoms with E-state index in [0.717, 1.165) is 74.6 Å². The molecule has 9 heteroatoms. The molecule has 2 aromatic heterocycles. The predicted octanol–water partition coefficient (Wildman–Crippen LogP) is 4.35. The molecule has 0 radical (unpaired) electrons. The van der Waals surface area contributed by atoms with E-state index in [0.29, 0.717) is 18.8 Å². The second kappa shape index (κ2) is 11.4. The van der Waals surface area contributed by atoms with Crippen molar-refractivity contribution in [1.29, 1.82) is 0 Å². The number of nitrogens with one attached hydrogen (secondary N) is 1. The van der Waals surface area contributed by atoms with Crippen molar-refractivity contribution in [3.05, 3.63) is 64.5 Å². The molecular formula is C28H37N7O2. The maximum absolute atomic E-state index is 14.0. The molecule has 3 unspecified atom stereocenters. The summed E-state index contributed by atoms with van der Waals surface area (Å²) in [4.78, 5) is 18.4. The van der Waals surface area contributed by atoms with Gasteiger partial charge in [-0.2, -0.15) is 5.21 Å². The fourth-order valence-electron chi connectivity index (χ4n) is 5.77. The Morgan fingerprint density at radius 1 is 1.19 bits per heavy atom. The van der Waals surface area contributed by atoms with Gasteiger partial charge in [0.25, 0.3) is 0 Å². The summed E-state index contributed by atoms with van der Waals surface area (Å²) in [5.74, 6) is 0.538. The van der Waals surface area contributed by atoms with Crippen molar-refractivity contribution >= 4 is 6.21 Å². The third-order valence-electron chi connectivity index (χ3n) is 7.95. The Balaban J connectivity index is 1.55. The molecule has 0 spiro atoms. The number of aromatic amines is 1. The summed E-state index contributed by atoms with van der Waals surface area (Å²) in [7, 11) is 0. The monoisotopic (exact) mass is 503 g/mol. The van der Waals surface area contributed by atoms with E-state index in [9.17, 15) is 9.90 Å². The molecule has 1 aromatic carbocycles. The topological polar surface area (TPSA) is 114 Å². The lowest BCUT2D eigenvalue weighted by molar-refractivity contribution is 0.0866. The molecule has 196 valence electrons. The van der Waals surface area contributed by atoms with Crippen molar-refractivity contribution in [2.75, 3.05) is 0 Å². The number of unbranched alkanes of at least 4 members (excludes halogenated alkanes) is 1. The minimum atomic E-state index is -0.491. The van der Waals surface area contributed by atoms with Gasteiger partial charge in [0.15, 0.2) is 0 Å². The number of hydrogen-bond donors (Lipinski definition) is 2. The zero-order valence-electron chi connectivity index (χ0n) is 21.6. The van der Waals surface area contributed by atoms with Crippen LogP contribution in [0.5, 0.6) is 0 Å². The van der Waals surface area contributed by atoms with Crippen LogP contribution in [0.25, 0.3) is 11.4 Å². The van der Waals surface area contributed by atoms with E-state index in [1.165, 1.54) is 0 Å². The summed E-state index contributed by atoms with van der Waals surface area (Å²) < 4.78 is 3.79. The number of aromatic nitrogens is 6. The Morgan fingerprint density at radius 2 is 2.05 bits per heavy atom. The summed E-state index contributed by atoms with van der Waals surface area (Å²) >= 11 is 0. The first-order valence-corrected chi connectivity index (χ1v) is 13.6. The lowest BCUT2D eigenvalue weighted by Gasteiger charge is -2.32. The molecule has 9 nitrogen and oxygen atoms in total. The summed E-state index contributed by atoms with van der Waals surface area (Å²) in [6.07, 6.45) is 16.9. The van der Waals surface area contributed by atoms with Crippen LogP contribution in [0, 0.1) is 0 Å². The lowest BCUT2D eigenvalue weighted by Crippen LogP contribution is -2.39. The van der Waals surface area contributed by atoms with Crippen LogP contribution < -0.4 is 5.69 Å². The molecule has 5 rings (SSSR count). The maximum atomic E-state index is 14.0. The van der Waals surface area contributed by atoms with Crippen molar-refractivity contribution in [3.8, 4) is 11.4 Å². The van der Waals surface area contributed by atoms with E-state index in [4.69, 9.17) is 0 Å². The molecule has 2 N–H and O–H groups in total. The zero-order valence-corrected chi connectivity index (χ0v) is 21.6. The number of benzene rings is 1. The average molecular weight is 504 g/mol. The van der Waals surface area contributed by atoms with Gasteiger partial charge in [-0.1, -0.05) is 63.3 Å². The average Bonchev–Trinajstić information content (AvgIpc) is 3.55. The van der Waals surface area contributed by atoms with Crippen LogP contribution in [-0.4, -0.2) is 47.2 Å². The number of tetrazole rings is 1. The molecule has 1 aliphatic carbocycles. The minimum absolute atomic E-state index is 0.0275. The van der Waals surface area contributed by atoms with Crippen molar-refractivity contribution in [1.82, 2.24) is 29.8 Å². The molecule has 1 aliphatic heterocycles. The fraction of sp³-hybridized carbons (Fsp3) is 0.536. The Labute approximate surface area is 217 Å². The van der Waals surface area contributed by atoms with Gasteiger partial charge in [0.05, 0.1) is 12.1 Å². The number of rotatable bonds is 8. The number of aryl methyl sites for hydroxylation is 1. The molecule has 2 aliphatic rings. The van der Waals surface area contributed by atoms with Crippen LogP contribution in [0.15, 0.2) is 52.5 Å².